The molecule has 0 radical (unpaired) electrons. The highest BCUT2D eigenvalue weighted by atomic mass is 16.3. The van der Waals surface area contributed by atoms with Crippen LogP contribution in [0.25, 0.3) is 0 Å². The van der Waals surface area contributed by atoms with Gasteiger partial charge in [-0.2, -0.15) is 0 Å². The van der Waals surface area contributed by atoms with Gasteiger partial charge in [-0.25, -0.2) is 0 Å². The first kappa shape index (κ1) is 14.6. The minimum atomic E-state index is -0.393. The summed E-state index contributed by atoms with van der Waals surface area (Å²) in [5, 5.41) is 12.3. The molecule has 1 amide bonds. The maximum absolute atomic E-state index is 12.1. The Balaban J connectivity index is 2.19. The van der Waals surface area contributed by atoms with Crippen LogP contribution < -0.4 is 11.1 Å². The number of pyridine rings is 1. The Kier molecular flexibility index (Phi) is 4.54. The number of nitrogens with two attached hydrogens (primary N) is 1. The van der Waals surface area contributed by atoms with E-state index in [9.17, 15) is 9.90 Å². The Morgan fingerprint density at radius 2 is 2.24 bits per heavy atom. The Morgan fingerprint density at radius 3 is 2.90 bits per heavy atom. The smallest absolute Gasteiger partial charge is 0.259 e. The van der Waals surface area contributed by atoms with Crippen LogP contribution in [0, 0.1) is 18.8 Å². The zero-order valence-electron chi connectivity index (χ0n) is 11.6. The van der Waals surface area contributed by atoms with E-state index in [0.29, 0.717) is 12.2 Å². The summed E-state index contributed by atoms with van der Waals surface area (Å²) in [4.78, 5) is 15.8. The summed E-state index contributed by atoms with van der Waals surface area (Å²) in [6.07, 6.45) is 2.68. The number of carbonyl (C=O) groups excluding carboxylic acids is 1. The molecule has 0 bridgehead atoms. The third-order valence-electron chi connectivity index (χ3n) is 2.85. The van der Waals surface area contributed by atoms with Crippen LogP contribution >= 0.6 is 0 Å². The van der Waals surface area contributed by atoms with Gasteiger partial charge in [0.15, 0.2) is 0 Å². The molecule has 2 aromatic rings. The first-order valence-electron chi connectivity index (χ1n) is 6.35. The molecule has 0 aliphatic rings. The van der Waals surface area contributed by atoms with Crippen LogP contribution in [0.15, 0.2) is 36.7 Å². The zero-order chi connectivity index (χ0) is 15.2. The third kappa shape index (κ3) is 3.59. The fourth-order valence-electron chi connectivity index (χ4n) is 1.80. The van der Waals surface area contributed by atoms with Gasteiger partial charge in [-0.05, 0) is 36.8 Å². The number of aromatic nitrogens is 1. The van der Waals surface area contributed by atoms with Crippen LogP contribution in [0.1, 0.15) is 21.5 Å². The molecule has 1 heterocycles. The number of anilines is 1. The van der Waals surface area contributed by atoms with Crippen molar-refractivity contribution in [1.29, 1.82) is 0 Å². The summed E-state index contributed by atoms with van der Waals surface area (Å²) < 4.78 is 0. The van der Waals surface area contributed by atoms with E-state index in [1.165, 1.54) is 18.5 Å². The molecule has 0 spiro atoms. The summed E-state index contributed by atoms with van der Waals surface area (Å²) in [6.45, 7) is 2.21. The average molecular weight is 281 g/mol. The molecule has 0 unspecified atom stereocenters. The summed E-state index contributed by atoms with van der Waals surface area (Å²) in [5.41, 5.74) is 7.95. The van der Waals surface area contributed by atoms with E-state index in [1.807, 2.05) is 19.1 Å². The van der Waals surface area contributed by atoms with Crippen molar-refractivity contribution >= 4 is 11.6 Å². The predicted molar refractivity (Wildman–Crippen MR) is 81.0 cm³/mol. The van der Waals surface area contributed by atoms with Gasteiger partial charge in [-0.1, -0.05) is 11.8 Å². The lowest BCUT2D eigenvalue weighted by Crippen LogP contribution is -2.12. The molecule has 0 saturated carbocycles. The van der Waals surface area contributed by atoms with Crippen molar-refractivity contribution in [3.63, 3.8) is 0 Å². The van der Waals surface area contributed by atoms with Gasteiger partial charge in [-0.3, -0.25) is 9.78 Å². The fraction of sp³-hybridized carbons (Fsp3) is 0.125. The third-order valence-corrected chi connectivity index (χ3v) is 2.85. The fourth-order valence-corrected chi connectivity index (χ4v) is 1.80. The van der Waals surface area contributed by atoms with Crippen molar-refractivity contribution in [2.75, 3.05) is 11.9 Å². The van der Waals surface area contributed by atoms with Crippen molar-refractivity contribution in [3.05, 3.63) is 53.3 Å². The van der Waals surface area contributed by atoms with Crippen LogP contribution in [-0.4, -0.2) is 22.5 Å². The van der Waals surface area contributed by atoms with E-state index >= 15 is 0 Å². The van der Waals surface area contributed by atoms with E-state index < -0.39 is 5.91 Å². The topological polar surface area (TPSA) is 88.2 Å². The van der Waals surface area contributed by atoms with Gasteiger partial charge in [0.2, 0.25) is 0 Å². The lowest BCUT2D eigenvalue weighted by Gasteiger charge is -2.08. The van der Waals surface area contributed by atoms with E-state index in [-0.39, 0.29) is 11.3 Å². The van der Waals surface area contributed by atoms with Gasteiger partial charge in [0.1, 0.15) is 5.75 Å². The molecule has 0 atom stereocenters. The number of aromatic hydroxyl groups is 1. The van der Waals surface area contributed by atoms with Crippen molar-refractivity contribution in [2.45, 2.75) is 6.92 Å². The minimum absolute atomic E-state index is 0.155. The van der Waals surface area contributed by atoms with Crippen molar-refractivity contribution < 1.29 is 9.90 Å². The van der Waals surface area contributed by atoms with Gasteiger partial charge >= 0.3 is 0 Å². The Labute approximate surface area is 122 Å². The van der Waals surface area contributed by atoms with E-state index in [4.69, 9.17) is 5.73 Å². The molecule has 106 valence electrons. The van der Waals surface area contributed by atoms with Crippen LogP contribution in [0.3, 0.4) is 0 Å². The number of aryl methyl sites for hydroxylation is 1. The number of nitrogens with zero attached hydrogens (tertiary/aromatic N) is 1. The number of nitrogens with one attached hydrogen (secondary N) is 1. The predicted octanol–water partition coefficient (Wildman–Crippen LogP) is 1.66. The van der Waals surface area contributed by atoms with E-state index in [0.717, 1.165) is 11.1 Å². The zero-order valence-corrected chi connectivity index (χ0v) is 11.6. The SMILES string of the molecule is Cc1cc(NC(=O)c2ccncc2O)ccc1C#CCN. The highest BCUT2D eigenvalue weighted by Crippen LogP contribution is 2.18. The lowest BCUT2D eigenvalue weighted by molar-refractivity contribution is 0.102. The Hall–Kier alpha value is -2.84. The Morgan fingerprint density at radius 1 is 1.43 bits per heavy atom. The standard InChI is InChI=1S/C16H15N3O2/c1-11-9-13(5-4-12(11)3-2-7-17)19-16(21)14-6-8-18-10-15(14)20/h4-6,8-10,20H,7,17H2,1H3,(H,19,21). The van der Waals surface area contributed by atoms with Crippen molar-refractivity contribution in [1.82, 2.24) is 4.98 Å². The highest BCUT2D eigenvalue weighted by molar-refractivity contribution is 6.06. The molecule has 0 saturated heterocycles. The molecule has 4 N–H and O–H groups in total. The van der Waals surface area contributed by atoms with E-state index in [2.05, 4.69) is 22.1 Å². The monoisotopic (exact) mass is 281 g/mol. The molecule has 2 rings (SSSR count). The Bertz CT molecular complexity index is 730. The van der Waals surface area contributed by atoms with Gasteiger partial charge in [-0.15, -0.1) is 0 Å². The number of benzene rings is 1. The normalized spacial score (nSPS) is 9.62. The van der Waals surface area contributed by atoms with Crippen LogP contribution in [0.2, 0.25) is 0 Å². The maximum atomic E-state index is 12.1. The summed E-state index contributed by atoms with van der Waals surface area (Å²) >= 11 is 0. The molecule has 1 aromatic carbocycles. The molecule has 1 aromatic heterocycles. The molecular formula is C16H15N3O2. The number of rotatable bonds is 2. The van der Waals surface area contributed by atoms with Gasteiger partial charge in [0, 0.05) is 17.4 Å². The summed E-state index contributed by atoms with van der Waals surface area (Å²) in [5.74, 6) is 5.20. The van der Waals surface area contributed by atoms with Crippen molar-refractivity contribution in [3.8, 4) is 17.6 Å². The molecule has 0 aliphatic carbocycles. The van der Waals surface area contributed by atoms with Gasteiger partial charge in [0.25, 0.3) is 5.91 Å². The molecular weight excluding hydrogens is 266 g/mol. The second-order valence-corrected chi connectivity index (χ2v) is 4.38. The minimum Gasteiger partial charge on any atom is -0.505 e. The second kappa shape index (κ2) is 6.55. The van der Waals surface area contributed by atoms with Crippen LogP contribution in [0.5, 0.6) is 5.75 Å². The number of hydrogen-bond donors (Lipinski definition) is 3. The molecule has 21 heavy (non-hydrogen) atoms. The van der Waals surface area contributed by atoms with Gasteiger partial charge in [0.05, 0.1) is 18.3 Å². The number of hydrogen-bond acceptors (Lipinski definition) is 4. The first-order valence-corrected chi connectivity index (χ1v) is 6.35. The highest BCUT2D eigenvalue weighted by Gasteiger charge is 2.11. The maximum Gasteiger partial charge on any atom is 0.259 e. The summed E-state index contributed by atoms with van der Waals surface area (Å²) in [7, 11) is 0. The van der Waals surface area contributed by atoms with Crippen molar-refractivity contribution in [2.24, 2.45) is 5.73 Å². The van der Waals surface area contributed by atoms with Gasteiger partial charge < -0.3 is 16.2 Å². The average Bonchev–Trinajstić information content (AvgIpc) is 2.47. The molecule has 0 fully saturated rings. The number of carbonyl (C=O) groups is 1. The quantitative estimate of drug-likeness (QED) is 0.730. The molecule has 5 nitrogen and oxygen atoms in total. The van der Waals surface area contributed by atoms with E-state index in [1.54, 1.807) is 6.07 Å². The van der Waals surface area contributed by atoms with Crippen LogP contribution in [-0.2, 0) is 0 Å². The van der Waals surface area contributed by atoms with Crippen LogP contribution in [0.4, 0.5) is 5.69 Å². The molecule has 5 heteroatoms. The largest absolute Gasteiger partial charge is 0.505 e. The number of amides is 1. The second-order valence-electron chi connectivity index (χ2n) is 4.38. The molecule has 0 aliphatic heterocycles. The first-order chi connectivity index (χ1) is 10.1. The lowest BCUT2D eigenvalue weighted by atomic mass is 10.1. The summed E-state index contributed by atoms with van der Waals surface area (Å²) in [6, 6.07) is 6.85.